The Morgan fingerprint density at radius 2 is 2.00 bits per heavy atom. The molecule has 0 spiro atoms. The first kappa shape index (κ1) is 19.9. The van der Waals surface area contributed by atoms with Gasteiger partial charge in [0.05, 0.1) is 19.2 Å². The molecule has 0 atom stereocenters. The first-order valence-electron chi connectivity index (χ1n) is 8.68. The van der Waals surface area contributed by atoms with Crippen LogP contribution >= 0.6 is 0 Å². The van der Waals surface area contributed by atoms with Crippen molar-refractivity contribution in [3.63, 3.8) is 0 Å². The van der Waals surface area contributed by atoms with Crippen LogP contribution in [0.2, 0.25) is 0 Å². The number of carbonyl (C=O) groups is 3. The first-order valence-corrected chi connectivity index (χ1v) is 8.68. The van der Waals surface area contributed by atoms with Crippen LogP contribution in [-0.4, -0.2) is 41.3 Å². The highest BCUT2D eigenvalue weighted by atomic mass is 16.5. The van der Waals surface area contributed by atoms with E-state index in [4.69, 9.17) is 9.15 Å². The molecule has 0 saturated heterocycles. The maximum absolute atomic E-state index is 12.1. The van der Waals surface area contributed by atoms with Crippen LogP contribution < -0.4 is 5.32 Å². The number of nitrogens with one attached hydrogen (secondary N) is 1. The molecule has 150 valence electrons. The summed E-state index contributed by atoms with van der Waals surface area (Å²) >= 11 is 0. The number of benzene rings is 1. The zero-order valence-electron chi connectivity index (χ0n) is 15.9. The van der Waals surface area contributed by atoms with Crippen LogP contribution in [0, 0.1) is 6.92 Å². The minimum absolute atomic E-state index is 0.0103. The maximum atomic E-state index is 12.1. The summed E-state index contributed by atoms with van der Waals surface area (Å²) in [5.41, 5.74) is 1.46. The van der Waals surface area contributed by atoms with Crippen molar-refractivity contribution in [2.75, 3.05) is 19.0 Å². The summed E-state index contributed by atoms with van der Waals surface area (Å²) in [6, 6.07) is 9.66. The van der Waals surface area contributed by atoms with Crippen molar-refractivity contribution >= 4 is 23.5 Å². The second-order valence-electron chi connectivity index (χ2n) is 6.12. The maximum Gasteiger partial charge on any atom is 0.374 e. The van der Waals surface area contributed by atoms with Gasteiger partial charge in [0, 0.05) is 18.1 Å². The molecule has 0 fully saturated rings. The van der Waals surface area contributed by atoms with Gasteiger partial charge in [0.1, 0.15) is 5.76 Å². The van der Waals surface area contributed by atoms with Crippen molar-refractivity contribution in [1.29, 1.82) is 0 Å². The first-order chi connectivity index (χ1) is 14.0. The molecule has 0 unspecified atom stereocenters. The second kappa shape index (κ2) is 8.87. The molecule has 1 amide bonds. The van der Waals surface area contributed by atoms with Gasteiger partial charge < -0.3 is 19.2 Å². The standard InChI is InChI=1S/C20H19N3O6/c1-13-4-5-14(19(25)27-2)10-16(13)22-18(24)12-28-20(26)17-7-6-15(29-17)11-23-9-3-8-21-23/h3-10H,11-12H2,1-2H3,(H,22,24). The molecule has 2 heterocycles. The fourth-order valence-corrected chi connectivity index (χ4v) is 2.52. The molecule has 0 aliphatic rings. The third-order valence-electron chi connectivity index (χ3n) is 4.01. The number of ether oxygens (including phenoxy) is 2. The molecule has 3 aromatic rings. The van der Waals surface area contributed by atoms with Gasteiger partial charge in [0.25, 0.3) is 5.91 Å². The van der Waals surface area contributed by atoms with Crippen LogP contribution in [0.15, 0.2) is 53.2 Å². The number of esters is 2. The molecule has 1 N–H and O–H groups in total. The van der Waals surface area contributed by atoms with Crippen LogP contribution in [0.1, 0.15) is 32.2 Å². The number of nitrogens with zero attached hydrogens (tertiary/aromatic N) is 2. The zero-order chi connectivity index (χ0) is 20.8. The number of rotatable bonds is 7. The number of aryl methyl sites for hydroxylation is 1. The predicted octanol–water partition coefficient (Wildman–Crippen LogP) is 2.41. The van der Waals surface area contributed by atoms with E-state index in [0.29, 0.717) is 23.6 Å². The molecule has 9 nitrogen and oxygen atoms in total. The second-order valence-corrected chi connectivity index (χ2v) is 6.12. The third-order valence-corrected chi connectivity index (χ3v) is 4.01. The van der Waals surface area contributed by atoms with E-state index in [1.165, 1.54) is 19.2 Å². The van der Waals surface area contributed by atoms with Gasteiger partial charge in [-0.05, 0) is 42.8 Å². The number of hydrogen-bond acceptors (Lipinski definition) is 7. The molecular formula is C20H19N3O6. The van der Waals surface area contributed by atoms with Crippen molar-refractivity contribution in [2.24, 2.45) is 0 Å². The van der Waals surface area contributed by atoms with E-state index in [2.05, 4.69) is 15.2 Å². The van der Waals surface area contributed by atoms with Gasteiger partial charge in [-0.15, -0.1) is 0 Å². The lowest BCUT2D eigenvalue weighted by Gasteiger charge is -2.10. The van der Waals surface area contributed by atoms with Gasteiger partial charge in [0.2, 0.25) is 5.76 Å². The average molecular weight is 397 g/mol. The van der Waals surface area contributed by atoms with E-state index in [1.807, 2.05) is 0 Å². The normalized spacial score (nSPS) is 10.4. The monoisotopic (exact) mass is 397 g/mol. The van der Waals surface area contributed by atoms with Crippen LogP contribution in [0.3, 0.4) is 0 Å². The Labute approximate surface area is 166 Å². The zero-order valence-corrected chi connectivity index (χ0v) is 15.9. The van der Waals surface area contributed by atoms with Crippen molar-refractivity contribution in [3.8, 4) is 0 Å². The van der Waals surface area contributed by atoms with Crippen molar-refractivity contribution < 1.29 is 28.3 Å². The van der Waals surface area contributed by atoms with Crippen molar-refractivity contribution in [1.82, 2.24) is 9.78 Å². The van der Waals surface area contributed by atoms with E-state index < -0.39 is 24.5 Å². The SMILES string of the molecule is COC(=O)c1ccc(C)c(NC(=O)COC(=O)c2ccc(Cn3cccn3)o2)c1. The Morgan fingerprint density at radius 1 is 1.17 bits per heavy atom. The molecule has 0 radical (unpaired) electrons. The molecule has 0 aliphatic heterocycles. The molecule has 1 aromatic carbocycles. The Morgan fingerprint density at radius 3 is 2.72 bits per heavy atom. The van der Waals surface area contributed by atoms with Crippen LogP contribution in [0.25, 0.3) is 0 Å². The summed E-state index contributed by atoms with van der Waals surface area (Å²) in [5, 5.41) is 6.66. The quantitative estimate of drug-likeness (QED) is 0.609. The van der Waals surface area contributed by atoms with Gasteiger partial charge in [-0.1, -0.05) is 6.07 Å². The number of carbonyl (C=O) groups excluding carboxylic acids is 3. The fourth-order valence-electron chi connectivity index (χ4n) is 2.52. The van der Waals surface area contributed by atoms with E-state index in [9.17, 15) is 14.4 Å². The van der Waals surface area contributed by atoms with Gasteiger partial charge in [0.15, 0.2) is 6.61 Å². The Hall–Kier alpha value is -3.88. The molecule has 0 aliphatic carbocycles. The molecule has 2 aromatic heterocycles. The molecule has 3 rings (SSSR count). The molecule has 29 heavy (non-hydrogen) atoms. The van der Waals surface area contributed by atoms with Crippen molar-refractivity contribution in [3.05, 3.63) is 71.4 Å². The number of methoxy groups -OCH3 is 1. The third kappa shape index (κ3) is 5.10. The largest absolute Gasteiger partial charge is 0.465 e. The minimum atomic E-state index is -0.758. The summed E-state index contributed by atoms with van der Waals surface area (Å²) in [7, 11) is 1.27. The van der Waals surface area contributed by atoms with Gasteiger partial charge in [-0.2, -0.15) is 5.10 Å². The summed E-state index contributed by atoms with van der Waals surface area (Å²) in [6.07, 6.45) is 3.40. The Kier molecular flexibility index (Phi) is 6.08. The molecular weight excluding hydrogens is 378 g/mol. The summed E-state index contributed by atoms with van der Waals surface area (Å²) in [5.74, 6) is -1.31. The topological polar surface area (TPSA) is 113 Å². The summed E-state index contributed by atoms with van der Waals surface area (Å²) < 4.78 is 16.7. The van der Waals surface area contributed by atoms with Gasteiger partial charge in [-0.25, -0.2) is 9.59 Å². The van der Waals surface area contributed by atoms with Gasteiger partial charge >= 0.3 is 11.9 Å². The number of aromatic nitrogens is 2. The molecule has 0 saturated carbocycles. The Bertz CT molecular complexity index is 1020. The smallest absolute Gasteiger partial charge is 0.374 e. The number of furan rings is 1. The van der Waals surface area contributed by atoms with E-state index in [-0.39, 0.29) is 5.76 Å². The lowest BCUT2D eigenvalue weighted by molar-refractivity contribution is -0.119. The lowest BCUT2D eigenvalue weighted by atomic mass is 10.1. The number of anilines is 1. The summed E-state index contributed by atoms with van der Waals surface area (Å²) in [4.78, 5) is 35.8. The lowest BCUT2D eigenvalue weighted by Crippen LogP contribution is -2.21. The van der Waals surface area contributed by atoms with Crippen LogP contribution in [0.4, 0.5) is 5.69 Å². The van der Waals surface area contributed by atoms with Gasteiger partial charge in [-0.3, -0.25) is 9.48 Å². The Balaban J connectivity index is 1.55. The predicted molar refractivity (Wildman–Crippen MR) is 101 cm³/mol. The van der Waals surface area contributed by atoms with Crippen LogP contribution in [-0.2, 0) is 20.8 Å². The van der Waals surface area contributed by atoms with Crippen LogP contribution in [0.5, 0.6) is 0 Å². The highest BCUT2D eigenvalue weighted by Crippen LogP contribution is 2.18. The number of hydrogen-bond donors (Lipinski definition) is 1. The van der Waals surface area contributed by atoms with E-state index in [1.54, 1.807) is 48.3 Å². The highest BCUT2D eigenvalue weighted by molar-refractivity contribution is 5.97. The summed E-state index contributed by atoms with van der Waals surface area (Å²) in [6.45, 7) is 1.64. The molecule has 0 bridgehead atoms. The minimum Gasteiger partial charge on any atom is -0.465 e. The molecule has 9 heteroatoms. The average Bonchev–Trinajstić information content (AvgIpc) is 3.40. The fraction of sp³-hybridized carbons (Fsp3) is 0.200. The van der Waals surface area contributed by atoms with E-state index in [0.717, 1.165) is 5.56 Å². The van der Waals surface area contributed by atoms with Crippen molar-refractivity contribution in [2.45, 2.75) is 13.5 Å². The number of amides is 1. The van der Waals surface area contributed by atoms with E-state index >= 15 is 0 Å². The highest BCUT2D eigenvalue weighted by Gasteiger charge is 2.16.